The second-order valence-electron chi connectivity index (χ2n) is 10.3. The van der Waals surface area contributed by atoms with Crippen molar-refractivity contribution in [3.8, 4) is 5.75 Å². The van der Waals surface area contributed by atoms with Crippen LogP contribution in [-0.2, 0) is 17.8 Å². The van der Waals surface area contributed by atoms with E-state index in [4.69, 9.17) is 4.43 Å². The summed E-state index contributed by atoms with van der Waals surface area (Å²) in [6, 6.07) is 14.5. The zero-order chi connectivity index (χ0) is 23.0. The van der Waals surface area contributed by atoms with Crippen LogP contribution in [-0.4, -0.2) is 24.0 Å². The number of carboxylic acid groups (broad SMARTS) is 1. The second kappa shape index (κ2) is 8.54. The van der Waals surface area contributed by atoms with E-state index in [9.17, 15) is 9.90 Å². The number of nitrogens with zero attached hydrogens (tertiary/aromatic N) is 1. The maximum Gasteiger partial charge on any atom is 0.307 e. The first-order chi connectivity index (χ1) is 14.4. The average molecular weight is 438 g/mol. The number of para-hydroxylation sites is 1. The van der Waals surface area contributed by atoms with Crippen molar-refractivity contribution < 1.29 is 14.3 Å². The van der Waals surface area contributed by atoms with E-state index in [0.717, 1.165) is 22.2 Å². The Bertz CT molecular complexity index is 1090. The molecule has 0 fully saturated rings. The first-order valence-corrected chi connectivity index (χ1v) is 13.9. The van der Waals surface area contributed by atoms with Crippen LogP contribution in [0.25, 0.3) is 10.9 Å². The minimum atomic E-state index is -1.92. The molecule has 0 saturated heterocycles. The minimum Gasteiger partial charge on any atom is -0.543 e. The third-order valence-corrected chi connectivity index (χ3v) is 10.8. The summed E-state index contributed by atoms with van der Waals surface area (Å²) in [4.78, 5) is 11.3. The van der Waals surface area contributed by atoms with Crippen LogP contribution in [0.15, 0.2) is 48.7 Å². The SMILES string of the molecule is CC(C)c1cc(Cn2cc(CC(=O)O)c3ccccc32)ccc1O[Si](C)(C)C(C)(C)C. The standard InChI is InChI=1S/C26H35NO3Si/c1-18(2)22-14-19(12-13-24(22)30-31(6,7)26(3,4)5)16-27-17-20(15-25(28)29)21-10-8-9-11-23(21)27/h8-14,17-18H,15-16H2,1-7H3,(H,28,29). The van der Waals surface area contributed by atoms with Crippen LogP contribution in [0.5, 0.6) is 5.75 Å². The predicted molar refractivity (Wildman–Crippen MR) is 131 cm³/mol. The van der Waals surface area contributed by atoms with Crippen LogP contribution in [0.1, 0.15) is 57.2 Å². The number of rotatable bonds is 7. The van der Waals surface area contributed by atoms with E-state index in [-0.39, 0.29) is 11.5 Å². The first kappa shape index (κ1) is 23.1. The maximum absolute atomic E-state index is 11.3. The first-order valence-electron chi connectivity index (χ1n) is 11.0. The Morgan fingerprint density at radius 2 is 1.81 bits per heavy atom. The Labute approximate surface area is 187 Å². The minimum absolute atomic E-state index is 0.0318. The summed E-state index contributed by atoms with van der Waals surface area (Å²) in [6.45, 7) is 16.4. The molecule has 5 heteroatoms. The van der Waals surface area contributed by atoms with Gasteiger partial charge in [-0.1, -0.05) is 65.0 Å². The van der Waals surface area contributed by atoms with Crippen LogP contribution in [0.3, 0.4) is 0 Å². The van der Waals surface area contributed by atoms with Crippen molar-refractivity contribution in [1.29, 1.82) is 0 Å². The van der Waals surface area contributed by atoms with Gasteiger partial charge in [0.1, 0.15) is 5.75 Å². The fourth-order valence-corrected chi connectivity index (χ4v) is 4.66. The highest BCUT2D eigenvalue weighted by Gasteiger charge is 2.39. The summed E-state index contributed by atoms with van der Waals surface area (Å²) in [5.41, 5.74) is 4.33. The number of benzene rings is 2. The Morgan fingerprint density at radius 1 is 1.13 bits per heavy atom. The van der Waals surface area contributed by atoms with E-state index in [2.05, 4.69) is 76.5 Å². The highest BCUT2D eigenvalue weighted by Crippen LogP contribution is 2.39. The summed E-state index contributed by atoms with van der Waals surface area (Å²) in [6.07, 6.45) is 2.01. The molecule has 0 aliphatic heterocycles. The van der Waals surface area contributed by atoms with Crippen LogP contribution in [0, 0.1) is 0 Å². The number of hydrogen-bond acceptors (Lipinski definition) is 2. The molecule has 0 spiro atoms. The molecule has 0 atom stereocenters. The van der Waals surface area contributed by atoms with E-state index in [1.54, 1.807) is 0 Å². The molecule has 0 radical (unpaired) electrons. The summed E-state index contributed by atoms with van der Waals surface area (Å²) < 4.78 is 8.80. The highest BCUT2D eigenvalue weighted by molar-refractivity contribution is 6.74. The van der Waals surface area contributed by atoms with Crippen LogP contribution in [0.4, 0.5) is 0 Å². The van der Waals surface area contributed by atoms with Gasteiger partial charge in [-0.2, -0.15) is 0 Å². The van der Waals surface area contributed by atoms with Gasteiger partial charge in [0.05, 0.1) is 6.42 Å². The van der Waals surface area contributed by atoms with Crippen LogP contribution in [0.2, 0.25) is 18.1 Å². The van der Waals surface area contributed by atoms with Crippen molar-refractivity contribution in [1.82, 2.24) is 4.57 Å². The van der Waals surface area contributed by atoms with E-state index in [1.165, 1.54) is 11.1 Å². The van der Waals surface area contributed by atoms with Crippen molar-refractivity contribution in [2.24, 2.45) is 0 Å². The molecule has 1 heterocycles. The summed E-state index contributed by atoms with van der Waals surface area (Å²) >= 11 is 0. The molecule has 4 nitrogen and oxygen atoms in total. The Balaban J connectivity index is 1.97. The van der Waals surface area contributed by atoms with Crippen molar-refractivity contribution in [2.45, 2.75) is 71.6 Å². The number of aliphatic carboxylic acids is 1. The summed E-state index contributed by atoms with van der Waals surface area (Å²) in [5, 5.41) is 10.4. The zero-order valence-corrected chi connectivity index (χ0v) is 20.8. The molecule has 31 heavy (non-hydrogen) atoms. The van der Waals surface area contributed by atoms with Crippen LogP contribution >= 0.6 is 0 Å². The van der Waals surface area contributed by atoms with Crippen molar-refractivity contribution in [3.05, 3.63) is 65.4 Å². The largest absolute Gasteiger partial charge is 0.543 e. The normalized spacial score (nSPS) is 12.5. The zero-order valence-electron chi connectivity index (χ0n) is 19.8. The van der Waals surface area contributed by atoms with E-state index >= 15 is 0 Å². The lowest BCUT2D eigenvalue weighted by Gasteiger charge is -2.37. The van der Waals surface area contributed by atoms with E-state index < -0.39 is 14.3 Å². The molecule has 0 aliphatic carbocycles. The van der Waals surface area contributed by atoms with Crippen molar-refractivity contribution in [2.75, 3.05) is 0 Å². The predicted octanol–water partition coefficient (Wildman–Crippen LogP) is 6.82. The average Bonchev–Trinajstić information content (AvgIpc) is 2.98. The fourth-order valence-electron chi connectivity index (χ4n) is 3.62. The molecule has 3 rings (SSSR count). The van der Waals surface area contributed by atoms with Gasteiger partial charge in [-0.25, -0.2) is 0 Å². The van der Waals surface area contributed by atoms with Gasteiger partial charge in [0.15, 0.2) is 0 Å². The smallest absolute Gasteiger partial charge is 0.307 e. The molecule has 1 N–H and O–H groups in total. The Kier molecular flexibility index (Phi) is 6.37. The molecule has 3 aromatic rings. The fraction of sp³-hybridized carbons (Fsp3) is 0.423. The third kappa shape index (κ3) is 5.04. The number of hydrogen-bond donors (Lipinski definition) is 1. The molecule has 0 unspecified atom stereocenters. The molecule has 0 bridgehead atoms. The molecule has 0 amide bonds. The molecular weight excluding hydrogens is 402 g/mol. The van der Waals surface area contributed by atoms with Crippen molar-refractivity contribution in [3.63, 3.8) is 0 Å². The number of carboxylic acids is 1. The quantitative estimate of drug-likeness (QED) is 0.412. The van der Waals surface area contributed by atoms with E-state index in [1.807, 2.05) is 24.4 Å². The summed E-state index contributed by atoms with van der Waals surface area (Å²) in [5.74, 6) is 0.537. The van der Waals surface area contributed by atoms with Gasteiger partial charge < -0.3 is 14.1 Å². The number of fused-ring (bicyclic) bond motifs is 1. The molecule has 166 valence electrons. The Hall–Kier alpha value is -2.53. The maximum atomic E-state index is 11.3. The number of aromatic nitrogens is 1. The van der Waals surface area contributed by atoms with Crippen LogP contribution < -0.4 is 4.43 Å². The highest BCUT2D eigenvalue weighted by atomic mass is 28.4. The van der Waals surface area contributed by atoms with Gasteiger partial charge in [-0.05, 0) is 52.9 Å². The molecule has 2 aromatic carbocycles. The van der Waals surface area contributed by atoms with Gasteiger partial charge in [0, 0.05) is 23.6 Å². The molecule has 1 aromatic heterocycles. The lowest BCUT2D eigenvalue weighted by molar-refractivity contribution is -0.136. The Morgan fingerprint density at radius 3 is 2.42 bits per heavy atom. The van der Waals surface area contributed by atoms with Gasteiger partial charge >= 0.3 is 5.97 Å². The molecule has 0 aliphatic rings. The molecule has 0 saturated carbocycles. The number of carbonyl (C=O) groups is 1. The lowest BCUT2D eigenvalue weighted by atomic mass is 9.99. The van der Waals surface area contributed by atoms with Gasteiger partial charge in [0.25, 0.3) is 0 Å². The monoisotopic (exact) mass is 437 g/mol. The topological polar surface area (TPSA) is 51.5 Å². The van der Waals surface area contributed by atoms with E-state index in [0.29, 0.717) is 12.5 Å². The second-order valence-corrected chi connectivity index (χ2v) is 15.0. The van der Waals surface area contributed by atoms with Gasteiger partial charge in [-0.3, -0.25) is 4.79 Å². The van der Waals surface area contributed by atoms with Gasteiger partial charge in [0.2, 0.25) is 8.32 Å². The third-order valence-electron chi connectivity index (χ3n) is 6.43. The lowest BCUT2D eigenvalue weighted by Crippen LogP contribution is -2.44. The van der Waals surface area contributed by atoms with Crippen molar-refractivity contribution >= 4 is 25.2 Å². The summed E-state index contributed by atoms with van der Waals surface area (Å²) in [7, 11) is -1.92. The molecular formula is C26H35NO3Si. The van der Waals surface area contributed by atoms with Gasteiger partial charge in [-0.15, -0.1) is 0 Å².